The molecule has 21 heavy (non-hydrogen) atoms. The van der Waals surface area contributed by atoms with Crippen LogP contribution < -0.4 is 10.5 Å². The Morgan fingerprint density at radius 1 is 0.952 bits per heavy atom. The molecule has 0 aromatic heterocycles. The molecule has 2 rings (SSSR count). The van der Waals surface area contributed by atoms with E-state index in [1.54, 1.807) is 0 Å². The monoisotopic (exact) mass is 284 g/mol. The van der Waals surface area contributed by atoms with Crippen molar-refractivity contribution in [3.05, 3.63) is 65.7 Å². The van der Waals surface area contributed by atoms with E-state index in [1.807, 2.05) is 0 Å². The molecular formula is C19H26NO+. The SMILES string of the molecule is CC(C)Oc1ccc([C@H](CC[NH3+])Cc2ccccc2)cc1. The number of hydrogen-bond donors (Lipinski definition) is 1. The minimum atomic E-state index is 0.218. The maximum Gasteiger partial charge on any atom is 0.119 e. The van der Waals surface area contributed by atoms with Gasteiger partial charge in [-0.2, -0.15) is 0 Å². The number of ether oxygens (including phenoxy) is 1. The summed E-state index contributed by atoms with van der Waals surface area (Å²) in [5.41, 5.74) is 6.79. The van der Waals surface area contributed by atoms with Gasteiger partial charge in [0.15, 0.2) is 0 Å². The molecule has 2 aromatic rings. The molecule has 0 spiro atoms. The zero-order chi connectivity index (χ0) is 15.1. The number of rotatable bonds is 7. The van der Waals surface area contributed by atoms with Crippen LogP contribution in [0.15, 0.2) is 54.6 Å². The Morgan fingerprint density at radius 2 is 1.62 bits per heavy atom. The molecule has 0 saturated heterocycles. The first kappa shape index (κ1) is 15.6. The Morgan fingerprint density at radius 3 is 2.19 bits per heavy atom. The average Bonchev–Trinajstić information content (AvgIpc) is 2.48. The van der Waals surface area contributed by atoms with Crippen molar-refractivity contribution < 1.29 is 10.5 Å². The molecule has 2 aromatic carbocycles. The fraction of sp³-hybridized carbons (Fsp3) is 0.368. The van der Waals surface area contributed by atoms with E-state index >= 15 is 0 Å². The lowest BCUT2D eigenvalue weighted by molar-refractivity contribution is -0.369. The second kappa shape index (κ2) is 7.84. The summed E-state index contributed by atoms with van der Waals surface area (Å²) in [4.78, 5) is 0. The van der Waals surface area contributed by atoms with Gasteiger partial charge in [0.05, 0.1) is 12.6 Å². The van der Waals surface area contributed by atoms with Crippen molar-refractivity contribution in [1.29, 1.82) is 0 Å². The topological polar surface area (TPSA) is 36.9 Å². The van der Waals surface area contributed by atoms with Crippen molar-refractivity contribution in [2.24, 2.45) is 0 Å². The van der Waals surface area contributed by atoms with Crippen molar-refractivity contribution in [1.82, 2.24) is 0 Å². The summed E-state index contributed by atoms with van der Waals surface area (Å²) in [5, 5.41) is 0. The van der Waals surface area contributed by atoms with Gasteiger partial charge in [0.25, 0.3) is 0 Å². The summed E-state index contributed by atoms with van der Waals surface area (Å²) in [5.74, 6) is 1.47. The molecule has 2 heteroatoms. The predicted octanol–water partition coefficient (Wildman–Crippen LogP) is 3.43. The van der Waals surface area contributed by atoms with Crippen molar-refractivity contribution in [2.75, 3.05) is 6.54 Å². The highest BCUT2D eigenvalue weighted by atomic mass is 16.5. The van der Waals surface area contributed by atoms with E-state index in [0.717, 1.165) is 25.1 Å². The molecule has 0 amide bonds. The first-order valence-electron chi connectivity index (χ1n) is 7.79. The summed E-state index contributed by atoms with van der Waals surface area (Å²) in [7, 11) is 0. The normalized spacial score (nSPS) is 12.4. The molecule has 0 saturated carbocycles. The molecule has 112 valence electrons. The van der Waals surface area contributed by atoms with Crippen LogP contribution in [0.2, 0.25) is 0 Å². The van der Waals surface area contributed by atoms with Gasteiger partial charge in [-0.1, -0.05) is 42.5 Å². The molecule has 1 atom stereocenters. The highest BCUT2D eigenvalue weighted by Crippen LogP contribution is 2.26. The third-order valence-corrected chi connectivity index (χ3v) is 3.60. The molecule has 0 unspecified atom stereocenters. The van der Waals surface area contributed by atoms with Crippen LogP contribution in [0.4, 0.5) is 0 Å². The van der Waals surface area contributed by atoms with Crippen LogP contribution in [-0.4, -0.2) is 12.6 Å². The van der Waals surface area contributed by atoms with Crippen molar-refractivity contribution in [2.45, 2.75) is 38.7 Å². The third kappa shape index (κ3) is 4.91. The first-order chi connectivity index (χ1) is 10.2. The van der Waals surface area contributed by atoms with E-state index in [0.29, 0.717) is 5.92 Å². The summed E-state index contributed by atoms with van der Waals surface area (Å²) in [6.07, 6.45) is 2.40. The van der Waals surface area contributed by atoms with Gasteiger partial charge in [0.2, 0.25) is 0 Å². The van der Waals surface area contributed by atoms with E-state index in [9.17, 15) is 0 Å². The fourth-order valence-electron chi connectivity index (χ4n) is 2.62. The summed E-state index contributed by atoms with van der Waals surface area (Å²) < 4.78 is 5.71. The van der Waals surface area contributed by atoms with Gasteiger partial charge >= 0.3 is 0 Å². The standard InChI is InChI=1S/C19H25NO/c1-15(2)21-19-10-8-17(9-11-19)18(12-13-20)14-16-6-4-3-5-7-16/h3-11,15,18H,12-14,20H2,1-2H3/p+1/t18-/m1/s1. The molecule has 0 radical (unpaired) electrons. The van der Waals surface area contributed by atoms with Gasteiger partial charge < -0.3 is 10.5 Å². The lowest BCUT2D eigenvalue weighted by Gasteiger charge is -2.17. The maximum absolute atomic E-state index is 5.71. The number of quaternary nitrogens is 1. The Hall–Kier alpha value is -1.80. The third-order valence-electron chi connectivity index (χ3n) is 3.60. The Labute approximate surface area is 127 Å². The van der Waals surface area contributed by atoms with Crippen LogP contribution >= 0.6 is 0 Å². The van der Waals surface area contributed by atoms with Crippen LogP contribution in [-0.2, 0) is 6.42 Å². The zero-order valence-corrected chi connectivity index (χ0v) is 13.1. The van der Waals surface area contributed by atoms with Crippen LogP contribution in [0.5, 0.6) is 5.75 Å². The van der Waals surface area contributed by atoms with Gasteiger partial charge in [-0.3, -0.25) is 0 Å². The molecule has 0 heterocycles. The van der Waals surface area contributed by atoms with Gasteiger partial charge in [0.1, 0.15) is 5.75 Å². The lowest BCUT2D eigenvalue weighted by atomic mass is 9.89. The smallest absolute Gasteiger partial charge is 0.119 e. The second-order valence-corrected chi connectivity index (χ2v) is 5.76. The molecule has 0 aliphatic heterocycles. The lowest BCUT2D eigenvalue weighted by Crippen LogP contribution is -2.50. The van der Waals surface area contributed by atoms with Crippen LogP contribution in [0, 0.1) is 0 Å². The molecule has 0 aliphatic carbocycles. The number of benzene rings is 2. The quantitative estimate of drug-likeness (QED) is 0.831. The fourth-order valence-corrected chi connectivity index (χ4v) is 2.62. The van der Waals surface area contributed by atoms with Gasteiger partial charge in [-0.05, 0) is 49.4 Å². The van der Waals surface area contributed by atoms with E-state index in [1.165, 1.54) is 11.1 Å². The minimum absolute atomic E-state index is 0.218. The van der Waals surface area contributed by atoms with E-state index in [-0.39, 0.29) is 6.10 Å². The van der Waals surface area contributed by atoms with Gasteiger partial charge in [-0.15, -0.1) is 0 Å². The largest absolute Gasteiger partial charge is 0.491 e. The molecule has 2 nitrogen and oxygen atoms in total. The Balaban J connectivity index is 2.10. The molecular weight excluding hydrogens is 258 g/mol. The van der Waals surface area contributed by atoms with E-state index in [2.05, 4.69) is 74.2 Å². The van der Waals surface area contributed by atoms with Crippen LogP contribution in [0.3, 0.4) is 0 Å². The maximum atomic E-state index is 5.71. The van der Waals surface area contributed by atoms with Crippen molar-refractivity contribution in [3.63, 3.8) is 0 Å². The molecule has 0 bridgehead atoms. The molecule has 0 aliphatic rings. The summed E-state index contributed by atoms with van der Waals surface area (Å²) in [6.45, 7) is 5.06. The molecule has 3 N–H and O–H groups in total. The van der Waals surface area contributed by atoms with Crippen LogP contribution in [0.1, 0.15) is 37.3 Å². The Kier molecular flexibility index (Phi) is 5.82. The zero-order valence-electron chi connectivity index (χ0n) is 13.1. The van der Waals surface area contributed by atoms with Gasteiger partial charge in [0, 0.05) is 6.42 Å². The van der Waals surface area contributed by atoms with Crippen molar-refractivity contribution >= 4 is 0 Å². The van der Waals surface area contributed by atoms with Crippen LogP contribution in [0.25, 0.3) is 0 Å². The van der Waals surface area contributed by atoms with E-state index in [4.69, 9.17) is 4.74 Å². The second-order valence-electron chi connectivity index (χ2n) is 5.76. The first-order valence-corrected chi connectivity index (χ1v) is 7.79. The highest BCUT2D eigenvalue weighted by Gasteiger charge is 2.13. The predicted molar refractivity (Wildman–Crippen MR) is 87.5 cm³/mol. The highest BCUT2D eigenvalue weighted by molar-refractivity contribution is 5.31. The Bertz CT molecular complexity index is 519. The van der Waals surface area contributed by atoms with Crippen molar-refractivity contribution in [3.8, 4) is 5.75 Å². The van der Waals surface area contributed by atoms with E-state index < -0.39 is 0 Å². The van der Waals surface area contributed by atoms with Gasteiger partial charge in [-0.25, -0.2) is 0 Å². The average molecular weight is 284 g/mol. The summed E-state index contributed by atoms with van der Waals surface area (Å²) in [6, 6.07) is 19.2. The molecule has 0 fully saturated rings. The minimum Gasteiger partial charge on any atom is -0.491 e. The summed E-state index contributed by atoms with van der Waals surface area (Å²) >= 11 is 0. The number of hydrogen-bond acceptors (Lipinski definition) is 1.